The van der Waals surface area contributed by atoms with Crippen LogP contribution in [0.25, 0.3) is 11.0 Å². The second kappa shape index (κ2) is 8.51. The molecule has 0 saturated heterocycles. The van der Waals surface area contributed by atoms with Crippen LogP contribution in [0.1, 0.15) is 10.4 Å². The summed E-state index contributed by atoms with van der Waals surface area (Å²) >= 11 is 0. The minimum atomic E-state index is -4.17. The number of nitroso groups, excluding NO2 is 1. The average Bonchev–Trinajstić information content (AvgIpc) is 2.79. The molecule has 0 aliphatic heterocycles. The smallest absolute Gasteiger partial charge is 0.339 e. The molecule has 0 spiro atoms. The zero-order chi connectivity index (χ0) is 23.6. The van der Waals surface area contributed by atoms with Gasteiger partial charge in [-0.1, -0.05) is 18.2 Å². The maximum Gasteiger partial charge on any atom is 0.339 e. The van der Waals surface area contributed by atoms with Crippen molar-refractivity contribution < 1.29 is 23.4 Å². The van der Waals surface area contributed by atoms with E-state index in [1.807, 2.05) is 0 Å². The third-order valence-corrected chi connectivity index (χ3v) is 5.86. The summed E-state index contributed by atoms with van der Waals surface area (Å²) in [6.45, 7) is 0. The third-order valence-electron chi connectivity index (χ3n) is 4.53. The van der Waals surface area contributed by atoms with Crippen molar-refractivity contribution in [2.24, 2.45) is 5.18 Å². The molecule has 0 radical (unpaired) electrons. The quantitative estimate of drug-likeness (QED) is 0.295. The van der Waals surface area contributed by atoms with Gasteiger partial charge in [0, 0.05) is 11.8 Å². The molecule has 4 aromatic rings. The van der Waals surface area contributed by atoms with Crippen LogP contribution in [0, 0.1) is 4.91 Å². The van der Waals surface area contributed by atoms with Crippen molar-refractivity contribution in [2.45, 2.75) is 4.90 Å². The Kier molecular flexibility index (Phi) is 5.58. The number of aromatic hydroxyl groups is 1. The van der Waals surface area contributed by atoms with E-state index in [0.29, 0.717) is 11.0 Å². The van der Waals surface area contributed by atoms with E-state index in [2.05, 4.69) is 25.2 Å². The molecule has 4 N–H and O–H groups in total. The number of carboxylic acids is 1. The molecular formula is C21H15N5O6S. The number of hydrogen-bond donors (Lipinski definition) is 4. The van der Waals surface area contributed by atoms with Crippen molar-refractivity contribution in [3.63, 3.8) is 0 Å². The third kappa shape index (κ3) is 4.55. The Morgan fingerprint density at radius 3 is 2.24 bits per heavy atom. The van der Waals surface area contributed by atoms with Crippen molar-refractivity contribution in [3.05, 3.63) is 77.2 Å². The van der Waals surface area contributed by atoms with Gasteiger partial charge < -0.3 is 15.5 Å². The minimum Gasteiger partial charge on any atom is -0.507 e. The van der Waals surface area contributed by atoms with E-state index in [-0.39, 0.29) is 33.5 Å². The number of aromatic carboxylic acids is 1. The lowest BCUT2D eigenvalue weighted by molar-refractivity contribution is 0.0693. The lowest BCUT2D eigenvalue weighted by Crippen LogP contribution is -2.16. The van der Waals surface area contributed by atoms with Gasteiger partial charge in [-0.05, 0) is 47.6 Å². The van der Waals surface area contributed by atoms with E-state index < -0.39 is 21.7 Å². The molecule has 0 aliphatic carbocycles. The van der Waals surface area contributed by atoms with E-state index in [1.54, 1.807) is 24.3 Å². The summed E-state index contributed by atoms with van der Waals surface area (Å²) in [4.78, 5) is 30.4. The van der Waals surface area contributed by atoms with E-state index in [0.717, 1.165) is 12.1 Å². The summed E-state index contributed by atoms with van der Waals surface area (Å²) in [5, 5.41) is 24.6. The van der Waals surface area contributed by atoms with Gasteiger partial charge in [-0.3, -0.25) is 4.72 Å². The van der Waals surface area contributed by atoms with Crippen LogP contribution in [0.4, 0.5) is 23.0 Å². The number of rotatable bonds is 7. The van der Waals surface area contributed by atoms with Gasteiger partial charge in [0.05, 0.1) is 15.9 Å². The number of anilines is 3. The monoisotopic (exact) mass is 465 g/mol. The number of aromatic nitrogens is 2. The fraction of sp³-hybridized carbons (Fsp3) is 0. The summed E-state index contributed by atoms with van der Waals surface area (Å²) in [6.07, 6.45) is 0. The largest absolute Gasteiger partial charge is 0.507 e. The number of phenols is 1. The second-order valence-electron chi connectivity index (χ2n) is 6.77. The van der Waals surface area contributed by atoms with Crippen LogP contribution in [0.5, 0.6) is 5.75 Å². The Hall–Kier alpha value is -4.58. The highest BCUT2D eigenvalue weighted by atomic mass is 32.2. The standard InChI is InChI=1S/C21H15N5O6S/c27-18-11-12(8-9-15(18)21(28)29)22-19-20(24-17-7-2-1-6-16(17)23-19)26-33(31,32)14-5-3-4-13(10-14)25-30/h1-11,27H,(H,22,23)(H,24,26)(H,28,29). The van der Waals surface area contributed by atoms with E-state index in [9.17, 15) is 23.2 Å². The Balaban J connectivity index is 1.77. The fourth-order valence-corrected chi connectivity index (χ4v) is 4.03. The van der Waals surface area contributed by atoms with Crippen LogP contribution in [0.3, 0.4) is 0 Å². The van der Waals surface area contributed by atoms with E-state index in [1.165, 1.54) is 30.3 Å². The molecule has 0 bridgehead atoms. The molecule has 1 heterocycles. The molecule has 0 unspecified atom stereocenters. The molecule has 4 rings (SSSR count). The number of carboxylic acid groups (broad SMARTS) is 1. The summed E-state index contributed by atoms with van der Waals surface area (Å²) in [5.74, 6) is -1.93. The Bertz CT molecular complexity index is 1510. The first-order chi connectivity index (χ1) is 15.8. The number of nitrogens with zero attached hydrogens (tertiary/aromatic N) is 3. The van der Waals surface area contributed by atoms with Gasteiger partial charge in [-0.25, -0.2) is 23.2 Å². The molecule has 0 aliphatic rings. The summed E-state index contributed by atoms with van der Waals surface area (Å²) in [6, 6.07) is 15.7. The Morgan fingerprint density at radius 1 is 0.909 bits per heavy atom. The highest BCUT2D eigenvalue weighted by Gasteiger charge is 2.20. The van der Waals surface area contributed by atoms with E-state index >= 15 is 0 Å². The molecule has 1 aromatic heterocycles. The van der Waals surface area contributed by atoms with Gasteiger partial charge in [0.25, 0.3) is 10.0 Å². The van der Waals surface area contributed by atoms with E-state index in [4.69, 9.17) is 5.11 Å². The van der Waals surface area contributed by atoms with Crippen molar-refractivity contribution in [2.75, 3.05) is 10.0 Å². The number of benzene rings is 3. The highest BCUT2D eigenvalue weighted by Crippen LogP contribution is 2.30. The number of para-hydroxylation sites is 2. The Labute approximate surface area is 186 Å². The maximum absolute atomic E-state index is 12.9. The predicted molar refractivity (Wildman–Crippen MR) is 121 cm³/mol. The number of sulfonamides is 1. The molecule has 12 heteroatoms. The van der Waals surface area contributed by atoms with Gasteiger partial charge >= 0.3 is 5.97 Å². The second-order valence-corrected chi connectivity index (χ2v) is 8.45. The van der Waals surface area contributed by atoms with Crippen LogP contribution < -0.4 is 10.0 Å². The molecule has 3 aromatic carbocycles. The average molecular weight is 465 g/mol. The first-order valence-electron chi connectivity index (χ1n) is 9.33. The zero-order valence-electron chi connectivity index (χ0n) is 16.6. The fourth-order valence-electron chi connectivity index (χ4n) is 2.98. The molecule has 0 amide bonds. The summed E-state index contributed by atoms with van der Waals surface area (Å²) in [7, 11) is -4.17. The molecule has 11 nitrogen and oxygen atoms in total. The van der Waals surface area contributed by atoms with Crippen LogP contribution in [-0.4, -0.2) is 34.6 Å². The Morgan fingerprint density at radius 2 is 1.61 bits per heavy atom. The van der Waals surface area contributed by atoms with Crippen LogP contribution in [-0.2, 0) is 10.0 Å². The molecule has 166 valence electrons. The number of hydrogen-bond acceptors (Lipinski definition) is 9. The normalized spacial score (nSPS) is 11.2. The maximum atomic E-state index is 12.9. The van der Waals surface area contributed by atoms with Gasteiger partial charge in [-0.15, -0.1) is 4.91 Å². The lowest BCUT2D eigenvalue weighted by Gasteiger charge is -2.14. The SMILES string of the molecule is O=Nc1cccc(S(=O)(=O)Nc2nc3ccccc3nc2Nc2ccc(C(=O)O)c(O)c2)c1. The first-order valence-corrected chi connectivity index (χ1v) is 10.8. The van der Waals surface area contributed by atoms with Crippen molar-refractivity contribution in [3.8, 4) is 5.75 Å². The minimum absolute atomic E-state index is 0.00409. The molecule has 33 heavy (non-hydrogen) atoms. The van der Waals surface area contributed by atoms with Gasteiger partial charge in [0.2, 0.25) is 0 Å². The van der Waals surface area contributed by atoms with Crippen LogP contribution >= 0.6 is 0 Å². The zero-order valence-corrected chi connectivity index (χ0v) is 17.4. The van der Waals surface area contributed by atoms with Gasteiger partial charge in [-0.2, -0.15) is 0 Å². The lowest BCUT2D eigenvalue weighted by atomic mass is 10.2. The highest BCUT2D eigenvalue weighted by molar-refractivity contribution is 7.92. The van der Waals surface area contributed by atoms with Crippen molar-refractivity contribution >= 4 is 50.0 Å². The summed E-state index contributed by atoms with van der Waals surface area (Å²) in [5.41, 5.74) is 0.758. The molecule has 0 saturated carbocycles. The van der Waals surface area contributed by atoms with Crippen LogP contribution in [0.2, 0.25) is 0 Å². The molecule has 0 atom stereocenters. The van der Waals surface area contributed by atoms with Crippen LogP contribution in [0.15, 0.2) is 76.8 Å². The van der Waals surface area contributed by atoms with Crippen molar-refractivity contribution in [1.29, 1.82) is 0 Å². The number of carbonyl (C=O) groups is 1. The molecular weight excluding hydrogens is 450 g/mol. The van der Waals surface area contributed by atoms with Crippen molar-refractivity contribution in [1.82, 2.24) is 9.97 Å². The summed E-state index contributed by atoms with van der Waals surface area (Å²) < 4.78 is 28.2. The number of fused-ring (bicyclic) bond motifs is 1. The molecule has 0 fully saturated rings. The first kappa shape index (κ1) is 21.6. The number of nitrogens with one attached hydrogen (secondary N) is 2. The van der Waals surface area contributed by atoms with Gasteiger partial charge in [0.1, 0.15) is 17.0 Å². The van der Waals surface area contributed by atoms with Gasteiger partial charge in [0.15, 0.2) is 11.6 Å². The predicted octanol–water partition coefficient (Wildman–Crippen LogP) is 3.98. The topological polar surface area (TPSA) is 171 Å².